The van der Waals surface area contributed by atoms with Crippen molar-refractivity contribution in [2.24, 2.45) is 0 Å². The molecule has 53 heavy (non-hydrogen) atoms. The molecule has 0 aromatic heterocycles. The summed E-state index contributed by atoms with van der Waals surface area (Å²) in [5, 5.41) is 0. The highest BCUT2D eigenvalue weighted by Gasteiger charge is 2.29. The third-order valence-corrected chi connectivity index (χ3v) is 10.4. The molecule has 0 radical (unpaired) electrons. The average molecular weight is 727 g/mol. The first-order valence-corrected chi connectivity index (χ1v) is 22.3. The van der Waals surface area contributed by atoms with Gasteiger partial charge in [-0.1, -0.05) is 202 Å². The third-order valence-electron chi connectivity index (χ3n) is 10.4. The van der Waals surface area contributed by atoms with Crippen molar-refractivity contribution in [1.29, 1.82) is 0 Å². The van der Waals surface area contributed by atoms with Crippen molar-refractivity contribution in [3.05, 3.63) is 96.1 Å². The number of allylic oxidation sites excluding steroid dienone is 4. The Hall–Kier alpha value is -2.78. The first-order chi connectivity index (χ1) is 26.2. The molecule has 0 amide bonds. The Morgan fingerprint density at radius 3 is 1.02 bits per heavy atom. The maximum atomic E-state index is 13.7. The molecule has 0 N–H and O–H groups in total. The fourth-order valence-electron chi connectivity index (χ4n) is 7.07. The number of Topliss-reactive ketones (excluding diaryl/α,β-unsaturated/α-hetero) is 2. The molecule has 296 valence electrons. The van der Waals surface area contributed by atoms with Crippen molar-refractivity contribution in [2.45, 2.75) is 206 Å². The predicted octanol–water partition coefficient (Wildman–Crippen LogP) is 15.7. The van der Waals surface area contributed by atoms with Crippen LogP contribution in [0.2, 0.25) is 0 Å². The number of benzene rings is 2. The van der Waals surface area contributed by atoms with Gasteiger partial charge in [-0.05, 0) is 75.3 Å². The fourth-order valence-corrected chi connectivity index (χ4v) is 7.07. The van der Waals surface area contributed by atoms with E-state index in [9.17, 15) is 9.59 Å². The van der Waals surface area contributed by atoms with E-state index in [-0.39, 0.29) is 11.6 Å². The van der Waals surface area contributed by atoms with Crippen molar-refractivity contribution in [1.82, 2.24) is 0 Å². The van der Waals surface area contributed by atoms with Crippen molar-refractivity contribution < 1.29 is 14.3 Å². The Kier molecular flexibility index (Phi) is 29.5. The van der Waals surface area contributed by atoms with Crippen LogP contribution in [0.25, 0.3) is 0 Å². The number of carbonyl (C=O) groups is 2. The Labute approximate surface area is 326 Å². The molecule has 2 aromatic rings. The van der Waals surface area contributed by atoms with Crippen LogP contribution < -0.4 is 0 Å². The van der Waals surface area contributed by atoms with Crippen molar-refractivity contribution in [2.75, 3.05) is 0 Å². The first-order valence-electron chi connectivity index (χ1n) is 22.3. The molecule has 2 atom stereocenters. The zero-order valence-corrected chi connectivity index (χ0v) is 34.3. The lowest BCUT2D eigenvalue weighted by molar-refractivity contribution is -0.145. The van der Waals surface area contributed by atoms with E-state index in [4.69, 9.17) is 4.74 Å². The molecule has 2 unspecified atom stereocenters. The standard InChI is InChI=1S/C50H78O3/c1-3-5-7-9-11-13-15-17-19-21-23-25-27-29-37-43-47(51)49(45-39-33-31-34-40-45)53-50(46-41-35-32-36-42-46)48(52)44-38-30-28-26-24-22-20-18-16-14-12-10-8-6-4-2/h17-20,31-36,39-42,49-50H,3-16,21-30,37-38,43-44H2,1-2H3. The van der Waals surface area contributed by atoms with Crippen LogP contribution >= 0.6 is 0 Å². The zero-order chi connectivity index (χ0) is 37.9. The summed E-state index contributed by atoms with van der Waals surface area (Å²) in [5.74, 6) is 0.146. The molecule has 0 saturated carbocycles. The Morgan fingerprint density at radius 2 is 0.698 bits per heavy atom. The topological polar surface area (TPSA) is 43.4 Å². The van der Waals surface area contributed by atoms with Gasteiger partial charge in [-0.25, -0.2) is 0 Å². The molecule has 0 spiro atoms. The molecule has 3 nitrogen and oxygen atoms in total. The number of hydrogen-bond acceptors (Lipinski definition) is 3. The average Bonchev–Trinajstić information content (AvgIpc) is 3.18. The Morgan fingerprint density at radius 1 is 0.415 bits per heavy atom. The highest BCUT2D eigenvalue weighted by molar-refractivity contribution is 5.87. The zero-order valence-electron chi connectivity index (χ0n) is 34.3. The number of rotatable bonds is 36. The molecule has 0 aliphatic heterocycles. The predicted molar refractivity (Wildman–Crippen MR) is 228 cm³/mol. The quantitative estimate of drug-likeness (QED) is 0.0519. The van der Waals surface area contributed by atoms with Gasteiger partial charge in [0.05, 0.1) is 0 Å². The number of ketones is 2. The molecule has 3 heteroatoms. The molecular weight excluding hydrogens is 649 g/mol. The molecule has 2 rings (SSSR count). The van der Waals surface area contributed by atoms with Gasteiger partial charge < -0.3 is 4.74 Å². The van der Waals surface area contributed by atoms with Gasteiger partial charge in [0.25, 0.3) is 0 Å². The van der Waals surface area contributed by atoms with E-state index < -0.39 is 12.2 Å². The highest BCUT2D eigenvalue weighted by Crippen LogP contribution is 2.31. The number of hydrogen-bond donors (Lipinski definition) is 0. The van der Waals surface area contributed by atoms with Crippen LogP contribution in [0, 0.1) is 0 Å². The minimum absolute atomic E-state index is 0.0728. The molecule has 2 aromatic carbocycles. The van der Waals surface area contributed by atoms with E-state index in [0.717, 1.165) is 62.5 Å². The molecule has 0 bridgehead atoms. The highest BCUT2D eigenvalue weighted by atomic mass is 16.5. The van der Waals surface area contributed by atoms with E-state index >= 15 is 0 Å². The van der Waals surface area contributed by atoms with Gasteiger partial charge in [0.1, 0.15) is 12.2 Å². The summed E-state index contributed by atoms with van der Waals surface area (Å²) in [6, 6.07) is 19.5. The number of carbonyl (C=O) groups excluding carboxylic acids is 2. The smallest absolute Gasteiger partial charge is 0.166 e. The van der Waals surface area contributed by atoms with Gasteiger partial charge in [0, 0.05) is 12.8 Å². The monoisotopic (exact) mass is 727 g/mol. The molecule has 0 heterocycles. The van der Waals surface area contributed by atoms with Crippen LogP contribution in [0.3, 0.4) is 0 Å². The Balaban J connectivity index is 1.74. The van der Waals surface area contributed by atoms with E-state index in [0.29, 0.717) is 12.8 Å². The molecule has 0 aliphatic carbocycles. The van der Waals surface area contributed by atoms with Gasteiger partial charge in [0.2, 0.25) is 0 Å². The van der Waals surface area contributed by atoms with E-state index in [1.807, 2.05) is 60.7 Å². The second-order valence-corrected chi connectivity index (χ2v) is 15.3. The van der Waals surface area contributed by atoms with Crippen molar-refractivity contribution >= 4 is 11.6 Å². The Bertz CT molecular complexity index is 1090. The number of unbranched alkanes of at least 4 members (excludes halogenated alkanes) is 22. The maximum Gasteiger partial charge on any atom is 0.166 e. The summed E-state index contributed by atoms with van der Waals surface area (Å²) in [6.07, 6.45) is 40.9. The second-order valence-electron chi connectivity index (χ2n) is 15.3. The van der Waals surface area contributed by atoms with Crippen LogP contribution in [0.5, 0.6) is 0 Å². The van der Waals surface area contributed by atoms with Crippen LogP contribution in [0.1, 0.15) is 217 Å². The second kappa shape index (κ2) is 33.8. The van der Waals surface area contributed by atoms with Crippen molar-refractivity contribution in [3.8, 4) is 0 Å². The normalized spacial score (nSPS) is 12.9. The van der Waals surface area contributed by atoms with Crippen LogP contribution in [-0.4, -0.2) is 11.6 Å². The number of ether oxygens (including phenoxy) is 1. The van der Waals surface area contributed by atoms with E-state index in [1.54, 1.807) is 0 Å². The lowest BCUT2D eigenvalue weighted by Gasteiger charge is -2.24. The molecular formula is C50H78O3. The fraction of sp³-hybridized carbons (Fsp3) is 0.640. The summed E-state index contributed by atoms with van der Waals surface area (Å²) in [4.78, 5) is 27.4. The van der Waals surface area contributed by atoms with Crippen LogP contribution in [0.4, 0.5) is 0 Å². The van der Waals surface area contributed by atoms with Crippen molar-refractivity contribution in [3.63, 3.8) is 0 Å². The summed E-state index contributed by atoms with van der Waals surface area (Å²) in [5.41, 5.74) is 1.67. The van der Waals surface area contributed by atoms with Crippen LogP contribution in [-0.2, 0) is 14.3 Å². The minimum atomic E-state index is -0.740. The van der Waals surface area contributed by atoms with Gasteiger partial charge in [-0.3, -0.25) is 9.59 Å². The summed E-state index contributed by atoms with van der Waals surface area (Å²) >= 11 is 0. The SMILES string of the molecule is CCCCCCCCC=CCCCCCCCC(=O)C(OC(C(=O)CCCCCCCC=CCCCCCCCC)c1ccccc1)c1ccccc1. The third kappa shape index (κ3) is 24.3. The minimum Gasteiger partial charge on any atom is -0.350 e. The first kappa shape index (κ1) is 46.4. The largest absolute Gasteiger partial charge is 0.350 e. The van der Waals surface area contributed by atoms with E-state index in [2.05, 4.69) is 38.2 Å². The van der Waals surface area contributed by atoms with Gasteiger partial charge in [0.15, 0.2) is 11.6 Å². The molecule has 0 saturated heterocycles. The molecule has 0 fully saturated rings. The van der Waals surface area contributed by atoms with Gasteiger partial charge in [-0.2, -0.15) is 0 Å². The van der Waals surface area contributed by atoms with Gasteiger partial charge >= 0.3 is 0 Å². The van der Waals surface area contributed by atoms with Gasteiger partial charge in [-0.15, -0.1) is 0 Å². The lowest BCUT2D eigenvalue weighted by atomic mass is 9.97. The lowest BCUT2D eigenvalue weighted by Crippen LogP contribution is -2.24. The maximum absolute atomic E-state index is 13.7. The summed E-state index contributed by atoms with van der Waals surface area (Å²) in [6.45, 7) is 4.54. The van der Waals surface area contributed by atoms with Crippen LogP contribution in [0.15, 0.2) is 85.0 Å². The van der Waals surface area contributed by atoms with E-state index in [1.165, 1.54) is 116 Å². The summed E-state index contributed by atoms with van der Waals surface area (Å²) in [7, 11) is 0. The summed E-state index contributed by atoms with van der Waals surface area (Å²) < 4.78 is 6.58. The molecule has 0 aliphatic rings.